The van der Waals surface area contributed by atoms with Gasteiger partial charge < -0.3 is 15.1 Å². The van der Waals surface area contributed by atoms with Crippen molar-refractivity contribution in [2.24, 2.45) is 0 Å². The molecule has 1 aliphatic rings. The molecule has 0 bridgehead atoms. The van der Waals surface area contributed by atoms with Crippen molar-refractivity contribution >= 4 is 29.8 Å². The summed E-state index contributed by atoms with van der Waals surface area (Å²) in [6.45, 7) is 7.46. The van der Waals surface area contributed by atoms with Crippen molar-refractivity contribution < 1.29 is 4.79 Å². The molecule has 1 N–H and O–H groups in total. The van der Waals surface area contributed by atoms with E-state index in [-0.39, 0.29) is 18.4 Å². The molecule has 5 nitrogen and oxygen atoms in total. The Morgan fingerprint density at radius 1 is 1.04 bits per heavy atom. The van der Waals surface area contributed by atoms with E-state index in [0.717, 1.165) is 31.9 Å². The highest BCUT2D eigenvalue weighted by Gasteiger charge is 2.22. The van der Waals surface area contributed by atoms with Crippen molar-refractivity contribution in [2.75, 3.05) is 36.4 Å². The molecule has 0 spiro atoms. The lowest BCUT2D eigenvalue weighted by molar-refractivity contribution is 0.208. The van der Waals surface area contributed by atoms with E-state index in [1.807, 2.05) is 4.90 Å². The predicted octanol–water partition coefficient (Wildman–Crippen LogP) is 3.47. The first-order valence-electron chi connectivity index (χ1n) is 7.92. The summed E-state index contributed by atoms with van der Waals surface area (Å²) >= 11 is 0. The number of hydrogen-bond acceptors (Lipinski definition) is 3. The topological polar surface area (TPSA) is 48.5 Å². The number of carbonyl (C=O) groups excluding carboxylic acids is 1. The summed E-state index contributed by atoms with van der Waals surface area (Å²) in [4.78, 5) is 20.5. The van der Waals surface area contributed by atoms with Gasteiger partial charge in [0.2, 0.25) is 0 Å². The maximum Gasteiger partial charge on any atom is 0.321 e. The lowest BCUT2D eigenvalue weighted by Crippen LogP contribution is -2.50. The van der Waals surface area contributed by atoms with Gasteiger partial charge in [-0.2, -0.15) is 0 Å². The van der Waals surface area contributed by atoms with E-state index in [9.17, 15) is 4.79 Å². The molecule has 128 valence electrons. The van der Waals surface area contributed by atoms with E-state index in [1.165, 1.54) is 16.8 Å². The largest absolute Gasteiger partial charge is 0.368 e. The van der Waals surface area contributed by atoms with Crippen LogP contribution in [0.5, 0.6) is 0 Å². The second-order valence-electron chi connectivity index (χ2n) is 5.86. The molecule has 0 radical (unpaired) electrons. The Morgan fingerprint density at radius 2 is 1.71 bits per heavy atom. The number of nitrogens with one attached hydrogen (secondary N) is 1. The van der Waals surface area contributed by atoms with Crippen molar-refractivity contribution in [1.82, 2.24) is 9.88 Å². The third-order valence-corrected chi connectivity index (χ3v) is 4.42. The molecule has 1 aromatic carbocycles. The molecule has 0 unspecified atom stereocenters. The first-order valence-corrected chi connectivity index (χ1v) is 7.92. The van der Waals surface area contributed by atoms with Gasteiger partial charge in [-0.3, -0.25) is 4.98 Å². The third kappa shape index (κ3) is 3.97. The Morgan fingerprint density at radius 3 is 2.38 bits per heavy atom. The standard InChI is InChI=1S/C18H22N4O.ClH/c1-14-4-3-5-17(15(14)2)21-10-12-22(13-11-21)18(23)20-16-6-8-19-9-7-16;/h3-9H,10-13H2,1-2H3,(H,19,20,23);1H. The molecule has 24 heavy (non-hydrogen) atoms. The van der Waals surface area contributed by atoms with E-state index in [0.29, 0.717) is 0 Å². The molecule has 1 saturated heterocycles. The van der Waals surface area contributed by atoms with E-state index in [4.69, 9.17) is 0 Å². The van der Waals surface area contributed by atoms with Crippen LogP contribution in [0.2, 0.25) is 0 Å². The van der Waals surface area contributed by atoms with E-state index < -0.39 is 0 Å². The van der Waals surface area contributed by atoms with Gasteiger partial charge in [-0.1, -0.05) is 12.1 Å². The Kier molecular flexibility index (Phi) is 6.04. The number of amides is 2. The van der Waals surface area contributed by atoms with Crippen LogP contribution < -0.4 is 10.2 Å². The van der Waals surface area contributed by atoms with Gasteiger partial charge in [0.25, 0.3) is 0 Å². The second-order valence-corrected chi connectivity index (χ2v) is 5.86. The fraction of sp³-hybridized carbons (Fsp3) is 0.333. The number of nitrogens with zero attached hydrogens (tertiary/aromatic N) is 3. The summed E-state index contributed by atoms with van der Waals surface area (Å²) in [7, 11) is 0. The summed E-state index contributed by atoms with van der Waals surface area (Å²) in [5, 5.41) is 2.92. The van der Waals surface area contributed by atoms with Crippen LogP contribution in [0.25, 0.3) is 0 Å². The minimum Gasteiger partial charge on any atom is -0.368 e. The van der Waals surface area contributed by atoms with Crippen molar-refractivity contribution in [2.45, 2.75) is 13.8 Å². The number of urea groups is 1. The molecule has 2 heterocycles. The number of carbonyl (C=O) groups is 1. The number of rotatable bonds is 2. The first kappa shape index (κ1) is 18.1. The zero-order valence-corrected chi connectivity index (χ0v) is 14.8. The second kappa shape index (κ2) is 8.02. The fourth-order valence-electron chi connectivity index (χ4n) is 2.87. The number of hydrogen-bond donors (Lipinski definition) is 1. The number of piperazine rings is 1. The van der Waals surface area contributed by atoms with Gasteiger partial charge in [-0.25, -0.2) is 4.79 Å². The molecule has 0 aliphatic carbocycles. The van der Waals surface area contributed by atoms with Crippen LogP contribution in [-0.4, -0.2) is 42.1 Å². The van der Waals surface area contributed by atoms with Crippen LogP contribution in [0.15, 0.2) is 42.7 Å². The number of aromatic nitrogens is 1. The molecule has 1 aromatic heterocycles. The molecule has 1 fully saturated rings. The minimum absolute atomic E-state index is 0. The Hall–Kier alpha value is -2.27. The van der Waals surface area contributed by atoms with Crippen LogP contribution >= 0.6 is 12.4 Å². The lowest BCUT2D eigenvalue weighted by Gasteiger charge is -2.37. The van der Waals surface area contributed by atoms with Gasteiger partial charge in [0, 0.05) is 49.9 Å². The maximum atomic E-state index is 12.3. The smallest absolute Gasteiger partial charge is 0.321 e. The zero-order chi connectivity index (χ0) is 16.2. The van der Waals surface area contributed by atoms with Gasteiger partial charge in [-0.05, 0) is 43.2 Å². The fourth-order valence-corrected chi connectivity index (χ4v) is 2.87. The summed E-state index contributed by atoms with van der Waals surface area (Å²) in [6, 6.07) is 9.94. The third-order valence-electron chi connectivity index (χ3n) is 4.42. The molecule has 2 amide bonds. The number of anilines is 2. The first-order chi connectivity index (χ1) is 11.1. The van der Waals surface area contributed by atoms with Gasteiger partial charge in [0.15, 0.2) is 0 Å². The molecule has 2 aromatic rings. The van der Waals surface area contributed by atoms with E-state index >= 15 is 0 Å². The average Bonchev–Trinajstić information content (AvgIpc) is 2.58. The monoisotopic (exact) mass is 346 g/mol. The van der Waals surface area contributed by atoms with E-state index in [1.54, 1.807) is 24.5 Å². The SMILES string of the molecule is Cc1cccc(N2CCN(C(=O)Nc3ccncc3)CC2)c1C.Cl. The Balaban J connectivity index is 0.00000208. The molecule has 6 heteroatoms. The minimum atomic E-state index is -0.0446. The van der Waals surface area contributed by atoms with Crippen molar-refractivity contribution in [1.29, 1.82) is 0 Å². The highest BCUT2D eigenvalue weighted by atomic mass is 35.5. The summed E-state index contributed by atoms with van der Waals surface area (Å²) in [6.07, 6.45) is 3.35. The number of aryl methyl sites for hydroxylation is 1. The van der Waals surface area contributed by atoms with Crippen molar-refractivity contribution in [3.05, 3.63) is 53.9 Å². The molecular weight excluding hydrogens is 324 g/mol. The van der Waals surface area contributed by atoms with Gasteiger partial charge in [0.05, 0.1) is 0 Å². The number of pyridine rings is 1. The molecule has 1 aliphatic heterocycles. The summed E-state index contributed by atoms with van der Waals surface area (Å²) in [5.74, 6) is 0. The van der Waals surface area contributed by atoms with Crippen LogP contribution in [-0.2, 0) is 0 Å². The van der Waals surface area contributed by atoms with Crippen LogP contribution in [0.4, 0.5) is 16.2 Å². The molecule has 0 saturated carbocycles. The quantitative estimate of drug-likeness (QED) is 0.905. The van der Waals surface area contributed by atoms with Crippen LogP contribution in [0.3, 0.4) is 0 Å². The van der Waals surface area contributed by atoms with Gasteiger partial charge in [-0.15, -0.1) is 12.4 Å². The summed E-state index contributed by atoms with van der Waals surface area (Å²) in [5.41, 5.74) is 4.68. The highest BCUT2D eigenvalue weighted by Crippen LogP contribution is 2.24. The molecular formula is C18H23ClN4O. The van der Waals surface area contributed by atoms with Crippen LogP contribution in [0, 0.1) is 13.8 Å². The molecule has 3 rings (SSSR count). The number of benzene rings is 1. The van der Waals surface area contributed by atoms with Crippen LogP contribution in [0.1, 0.15) is 11.1 Å². The normalized spacial score (nSPS) is 14.1. The van der Waals surface area contributed by atoms with Gasteiger partial charge >= 0.3 is 6.03 Å². The predicted molar refractivity (Wildman–Crippen MR) is 100 cm³/mol. The van der Waals surface area contributed by atoms with Gasteiger partial charge in [0.1, 0.15) is 0 Å². The number of halogens is 1. The Bertz CT molecular complexity index is 685. The van der Waals surface area contributed by atoms with Crippen molar-refractivity contribution in [3.63, 3.8) is 0 Å². The average molecular weight is 347 g/mol. The summed E-state index contributed by atoms with van der Waals surface area (Å²) < 4.78 is 0. The lowest BCUT2D eigenvalue weighted by atomic mass is 10.1. The van der Waals surface area contributed by atoms with Crippen molar-refractivity contribution in [3.8, 4) is 0 Å². The molecule has 0 atom stereocenters. The highest BCUT2D eigenvalue weighted by molar-refractivity contribution is 5.89. The van der Waals surface area contributed by atoms with E-state index in [2.05, 4.69) is 47.2 Å². The Labute approximate surface area is 149 Å². The maximum absolute atomic E-state index is 12.3. The zero-order valence-electron chi connectivity index (χ0n) is 14.0.